The molecule has 0 spiro atoms. The van der Waals surface area contributed by atoms with Gasteiger partial charge in [0, 0.05) is 42.3 Å². The second-order valence-electron chi connectivity index (χ2n) is 11.9. The van der Waals surface area contributed by atoms with Gasteiger partial charge in [-0.1, -0.05) is 63.3 Å². The molecule has 0 saturated heterocycles. The van der Waals surface area contributed by atoms with Crippen molar-refractivity contribution in [3.63, 3.8) is 0 Å². The lowest BCUT2D eigenvalue weighted by atomic mass is 9.80. The van der Waals surface area contributed by atoms with Crippen molar-refractivity contribution in [1.82, 2.24) is 5.32 Å². The van der Waals surface area contributed by atoms with Gasteiger partial charge in [0.15, 0.2) is 0 Å². The van der Waals surface area contributed by atoms with E-state index < -0.39 is 11.5 Å². The SMILES string of the molecule is CCCCCc1ccc(C(=O)NC2(C(=O)Nc3ccc(/C=C/C(=O)OC)cc3)CCCCC2)cc1N1CCN=C/C=C\COCC1. The van der Waals surface area contributed by atoms with Gasteiger partial charge in [-0.25, -0.2) is 4.79 Å². The molecule has 2 N–H and O–H groups in total. The molecule has 2 aromatic rings. The summed E-state index contributed by atoms with van der Waals surface area (Å²) < 4.78 is 10.5. The number of hydrogen-bond donors (Lipinski definition) is 2. The zero-order valence-corrected chi connectivity index (χ0v) is 27.3. The van der Waals surface area contributed by atoms with Gasteiger partial charge in [0.25, 0.3) is 5.91 Å². The van der Waals surface area contributed by atoms with Crippen molar-refractivity contribution in [3.05, 3.63) is 77.4 Å². The number of allylic oxidation sites excluding steroid dienone is 1. The molecule has 0 aromatic heterocycles. The Balaban J connectivity index is 1.54. The van der Waals surface area contributed by atoms with Crippen molar-refractivity contribution in [2.75, 3.05) is 50.2 Å². The third-order valence-corrected chi connectivity index (χ3v) is 8.56. The Hall–Kier alpha value is -4.24. The van der Waals surface area contributed by atoms with E-state index in [1.54, 1.807) is 18.2 Å². The molecular formula is C37H48N4O5. The van der Waals surface area contributed by atoms with Gasteiger partial charge in [-0.05, 0) is 73.2 Å². The summed E-state index contributed by atoms with van der Waals surface area (Å²) in [5.74, 6) is -0.905. The Morgan fingerprint density at radius 3 is 2.61 bits per heavy atom. The molecule has 246 valence electrons. The molecule has 1 heterocycles. The topological polar surface area (TPSA) is 109 Å². The van der Waals surface area contributed by atoms with Crippen LogP contribution in [0.15, 0.2) is 65.7 Å². The van der Waals surface area contributed by atoms with Gasteiger partial charge >= 0.3 is 5.97 Å². The van der Waals surface area contributed by atoms with Crippen molar-refractivity contribution in [3.8, 4) is 0 Å². The van der Waals surface area contributed by atoms with Gasteiger partial charge in [0.05, 0.1) is 26.9 Å². The molecule has 1 aliphatic carbocycles. The first-order valence-corrected chi connectivity index (χ1v) is 16.5. The van der Waals surface area contributed by atoms with Crippen LogP contribution in [0.4, 0.5) is 11.4 Å². The first-order valence-electron chi connectivity index (χ1n) is 16.5. The number of aryl methyl sites for hydroxylation is 1. The van der Waals surface area contributed by atoms with E-state index in [0.29, 0.717) is 56.9 Å². The number of aliphatic imine (C=N–C) groups is 1. The normalized spacial score (nSPS) is 17.6. The second-order valence-corrected chi connectivity index (χ2v) is 11.9. The fourth-order valence-corrected chi connectivity index (χ4v) is 5.90. The molecule has 0 radical (unpaired) electrons. The predicted molar refractivity (Wildman–Crippen MR) is 185 cm³/mol. The van der Waals surface area contributed by atoms with Gasteiger partial charge in [-0.2, -0.15) is 0 Å². The molecule has 2 amide bonds. The largest absolute Gasteiger partial charge is 0.466 e. The monoisotopic (exact) mass is 628 g/mol. The fraction of sp³-hybridized carbons (Fsp3) is 0.459. The van der Waals surface area contributed by atoms with Gasteiger partial charge in [0.2, 0.25) is 5.91 Å². The van der Waals surface area contributed by atoms with Crippen LogP contribution in [0.1, 0.15) is 79.8 Å². The molecular weight excluding hydrogens is 580 g/mol. The fourth-order valence-electron chi connectivity index (χ4n) is 5.90. The summed E-state index contributed by atoms with van der Waals surface area (Å²) in [6, 6.07) is 13.1. The number of unbranched alkanes of at least 4 members (excludes halogenated alkanes) is 2. The van der Waals surface area contributed by atoms with Gasteiger partial charge in [-0.3, -0.25) is 14.6 Å². The summed E-state index contributed by atoms with van der Waals surface area (Å²) in [5, 5.41) is 6.21. The maximum atomic E-state index is 13.9. The third-order valence-electron chi connectivity index (χ3n) is 8.56. The van der Waals surface area contributed by atoms with Crippen molar-refractivity contribution >= 4 is 41.4 Å². The average molecular weight is 629 g/mol. The van der Waals surface area contributed by atoms with Crippen LogP contribution >= 0.6 is 0 Å². The van der Waals surface area contributed by atoms with E-state index in [1.165, 1.54) is 18.7 Å². The minimum atomic E-state index is -1.01. The van der Waals surface area contributed by atoms with Crippen molar-refractivity contribution in [1.29, 1.82) is 0 Å². The smallest absolute Gasteiger partial charge is 0.330 e. The highest BCUT2D eigenvalue weighted by Crippen LogP contribution is 2.31. The highest BCUT2D eigenvalue weighted by molar-refractivity contribution is 6.04. The first kappa shape index (κ1) is 34.6. The van der Waals surface area contributed by atoms with Crippen LogP contribution in [0, 0.1) is 0 Å². The van der Waals surface area contributed by atoms with Crippen LogP contribution in [0.25, 0.3) is 6.08 Å². The van der Waals surface area contributed by atoms with E-state index in [9.17, 15) is 14.4 Å². The van der Waals surface area contributed by atoms with E-state index in [-0.39, 0.29) is 11.8 Å². The van der Waals surface area contributed by atoms with Crippen LogP contribution in [0.5, 0.6) is 0 Å². The minimum Gasteiger partial charge on any atom is -0.466 e. The van der Waals surface area contributed by atoms with Crippen molar-refractivity contribution in [2.24, 2.45) is 4.99 Å². The first-order chi connectivity index (χ1) is 22.4. The number of benzene rings is 2. The number of rotatable bonds is 11. The number of carbonyl (C=O) groups excluding carboxylic acids is 3. The third kappa shape index (κ3) is 10.1. The Bertz CT molecular complexity index is 1390. The minimum absolute atomic E-state index is 0.217. The van der Waals surface area contributed by atoms with E-state index in [1.807, 2.05) is 42.6 Å². The molecule has 1 aliphatic heterocycles. The number of amides is 2. The van der Waals surface area contributed by atoms with E-state index >= 15 is 0 Å². The lowest BCUT2D eigenvalue weighted by Gasteiger charge is -2.36. The Morgan fingerprint density at radius 1 is 1.04 bits per heavy atom. The lowest BCUT2D eigenvalue weighted by Crippen LogP contribution is -2.57. The maximum absolute atomic E-state index is 13.9. The molecule has 0 unspecified atom stereocenters. The van der Waals surface area contributed by atoms with Gasteiger partial charge in [0.1, 0.15) is 5.54 Å². The zero-order valence-electron chi connectivity index (χ0n) is 27.3. The highest BCUT2D eigenvalue weighted by Gasteiger charge is 2.41. The van der Waals surface area contributed by atoms with Crippen LogP contribution in [0.3, 0.4) is 0 Å². The Labute approximate surface area is 273 Å². The van der Waals surface area contributed by atoms with Crippen LogP contribution in [0.2, 0.25) is 0 Å². The molecule has 1 fully saturated rings. The summed E-state index contributed by atoms with van der Waals surface area (Å²) in [5.41, 5.74) is 3.18. The standard InChI is InChI=1S/C37H48N4O5/c1-3-4-6-11-30-15-16-31(28-33(30)41-24-23-38-22-9-10-26-46-27-25-41)35(43)40-37(20-7-5-8-21-37)36(44)39-32-17-12-29(13-18-32)14-19-34(42)45-2/h9-10,12-19,22,28H,3-8,11,20-21,23-27H2,1-2H3,(H,39,44)(H,40,43)/b10-9-,19-14+,38-22?. The Morgan fingerprint density at radius 2 is 1.85 bits per heavy atom. The number of carbonyl (C=O) groups is 3. The summed E-state index contributed by atoms with van der Waals surface area (Å²) in [4.78, 5) is 46.0. The molecule has 0 atom stereocenters. The zero-order chi connectivity index (χ0) is 32.6. The maximum Gasteiger partial charge on any atom is 0.330 e. The van der Waals surface area contributed by atoms with E-state index in [2.05, 4.69) is 38.3 Å². The van der Waals surface area contributed by atoms with Crippen LogP contribution < -0.4 is 15.5 Å². The summed E-state index contributed by atoms with van der Waals surface area (Å²) in [6.07, 6.45) is 16.8. The number of ether oxygens (including phenoxy) is 2. The van der Waals surface area contributed by atoms with Crippen LogP contribution in [-0.4, -0.2) is 69.5 Å². The van der Waals surface area contributed by atoms with Crippen LogP contribution in [-0.2, 0) is 25.5 Å². The second kappa shape index (κ2) is 18.0. The average Bonchev–Trinajstić information content (AvgIpc) is 3.14. The number of methoxy groups -OCH3 is 1. The number of anilines is 2. The Kier molecular flexibility index (Phi) is 13.6. The van der Waals surface area contributed by atoms with Gasteiger partial charge in [-0.15, -0.1) is 0 Å². The molecule has 2 aliphatic rings. The lowest BCUT2D eigenvalue weighted by molar-refractivity contribution is -0.134. The van der Waals surface area contributed by atoms with Crippen molar-refractivity contribution < 1.29 is 23.9 Å². The molecule has 4 rings (SSSR count). The molecule has 9 heteroatoms. The quantitative estimate of drug-likeness (QED) is 0.176. The summed E-state index contributed by atoms with van der Waals surface area (Å²) >= 11 is 0. The predicted octanol–water partition coefficient (Wildman–Crippen LogP) is 6.14. The molecule has 1 saturated carbocycles. The molecule has 0 bridgehead atoms. The number of nitrogens with one attached hydrogen (secondary N) is 2. The number of esters is 1. The highest BCUT2D eigenvalue weighted by atomic mass is 16.5. The summed E-state index contributed by atoms with van der Waals surface area (Å²) in [6.45, 7) is 5.35. The molecule has 9 nitrogen and oxygen atoms in total. The van der Waals surface area contributed by atoms with Gasteiger partial charge < -0.3 is 25.0 Å². The summed E-state index contributed by atoms with van der Waals surface area (Å²) in [7, 11) is 1.33. The number of nitrogens with zero attached hydrogens (tertiary/aromatic N) is 2. The van der Waals surface area contributed by atoms with E-state index in [0.717, 1.165) is 56.2 Å². The molecule has 46 heavy (non-hydrogen) atoms. The molecule has 2 aromatic carbocycles. The number of hydrogen-bond acceptors (Lipinski definition) is 7. The van der Waals surface area contributed by atoms with Crippen molar-refractivity contribution in [2.45, 2.75) is 70.3 Å². The van der Waals surface area contributed by atoms with E-state index in [4.69, 9.17) is 4.74 Å².